The number of benzene rings is 1. The first-order valence-corrected chi connectivity index (χ1v) is 4.98. The Morgan fingerprint density at radius 3 is 2.06 bits per heavy atom. The van der Waals surface area contributed by atoms with Gasteiger partial charge in [-0.1, -0.05) is 23.2 Å². The summed E-state index contributed by atoms with van der Waals surface area (Å²) < 4.78 is 41.7. The third kappa shape index (κ3) is 3.73. The molecule has 7 heteroatoms. The number of hydrogen-bond donors (Lipinski definition) is 1. The molecule has 2 N–H and O–H groups in total. The lowest BCUT2D eigenvalue weighted by molar-refractivity contribution is -0.191. The molecule has 0 heterocycles. The zero-order valence-electron chi connectivity index (χ0n) is 7.89. The highest BCUT2D eigenvalue weighted by atomic mass is 35.5. The van der Waals surface area contributed by atoms with Gasteiger partial charge in [-0.15, -0.1) is 0 Å². The highest BCUT2D eigenvalue weighted by Gasteiger charge is 2.40. The molecule has 0 spiro atoms. The van der Waals surface area contributed by atoms with Gasteiger partial charge in [-0.05, 0) is 18.2 Å². The van der Waals surface area contributed by atoms with E-state index < -0.39 is 18.8 Å². The highest BCUT2D eigenvalue weighted by Crippen LogP contribution is 2.28. The van der Waals surface area contributed by atoms with E-state index in [9.17, 15) is 13.2 Å². The Labute approximate surface area is 100 Å². The number of halogens is 5. The Morgan fingerprint density at radius 2 is 1.69 bits per heavy atom. The van der Waals surface area contributed by atoms with Crippen molar-refractivity contribution in [2.45, 2.75) is 12.3 Å². The summed E-state index contributed by atoms with van der Waals surface area (Å²) in [4.78, 5) is 0. The lowest BCUT2D eigenvalue weighted by Crippen LogP contribution is -2.40. The van der Waals surface area contributed by atoms with Crippen LogP contribution in [0.2, 0.25) is 10.0 Å². The third-order valence-electron chi connectivity index (χ3n) is 1.69. The molecule has 0 aliphatic carbocycles. The van der Waals surface area contributed by atoms with Gasteiger partial charge in [0, 0.05) is 16.6 Å². The Hall–Kier alpha value is -0.650. The lowest BCUT2D eigenvalue weighted by Gasteiger charge is -2.20. The molecule has 1 atom stereocenters. The lowest BCUT2D eigenvalue weighted by atomic mass is 10.3. The average molecular weight is 274 g/mol. The Balaban J connectivity index is 2.86. The predicted octanol–water partition coefficient (Wildman–Crippen LogP) is 3.26. The molecular weight excluding hydrogens is 266 g/mol. The molecule has 90 valence electrons. The smallest absolute Gasteiger partial charge is 0.426 e. The van der Waals surface area contributed by atoms with E-state index in [2.05, 4.69) is 4.74 Å². The SMILES string of the molecule is NCC(Oc1cc(Cl)cc(Cl)c1)C(F)(F)F. The van der Waals surface area contributed by atoms with Crippen LogP contribution < -0.4 is 10.5 Å². The van der Waals surface area contributed by atoms with Gasteiger partial charge in [-0.25, -0.2) is 0 Å². The van der Waals surface area contributed by atoms with Crippen molar-refractivity contribution in [2.75, 3.05) is 6.54 Å². The summed E-state index contributed by atoms with van der Waals surface area (Å²) in [6.07, 6.45) is -6.59. The van der Waals surface area contributed by atoms with Crippen molar-refractivity contribution in [3.63, 3.8) is 0 Å². The Bertz CT molecular complexity index is 350. The molecule has 1 rings (SSSR count). The van der Waals surface area contributed by atoms with E-state index in [0.717, 1.165) is 0 Å². The van der Waals surface area contributed by atoms with E-state index in [1.165, 1.54) is 18.2 Å². The molecule has 2 nitrogen and oxygen atoms in total. The number of alkyl halides is 3. The van der Waals surface area contributed by atoms with Crippen molar-refractivity contribution in [1.82, 2.24) is 0 Å². The molecule has 16 heavy (non-hydrogen) atoms. The van der Waals surface area contributed by atoms with Crippen LogP contribution in [0.5, 0.6) is 5.75 Å². The molecule has 0 radical (unpaired) electrons. The summed E-state index contributed by atoms with van der Waals surface area (Å²) in [6, 6.07) is 3.87. The minimum atomic E-state index is -4.52. The second-order valence-corrected chi connectivity index (χ2v) is 3.86. The molecule has 0 aliphatic heterocycles. The van der Waals surface area contributed by atoms with Crippen molar-refractivity contribution < 1.29 is 17.9 Å². The zero-order chi connectivity index (χ0) is 12.3. The number of ether oxygens (including phenoxy) is 1. The van der Waals surface area contributed by atoms with Gasteiger partial charge in [-0.2, -0.15) is 13.2 Å². The summed E-state index contributed by atoms with van der Waals surface area (Å²) in [7, 11) is 0. The topological polar surface area (TPSA) is 35.2 Å². The largest absolute Gasteiger partial charge is 0.479 e. The summed E-state index contributed by atoms with van der Waals surface area (Å²) in [5, 5.41) is 0.390. The summed E-state index contributed by atoms with van der Waals surface area (Å²) in [5.74, 6) is -0.0646. The number of nitrogens with two attached hydrogens (primary N) is 1. The van der Waals surface area contributed by atoms with E-state index in [1.807, 2.05) is 0 Å². The van der Waals surface area contributed by atoms with Crippen LogP contribution >= 0.6 is 23.2 Å². The first-order chi connectivity index (χ1) is 7.32. The van der Waals surface area contributed by atoms with E-state index in [1.54, 1.807) is 0 Å². The van der Waals surface area contributed by atoms with Crippen LogP contribution in [0.25, 0.3) is 0 Å². The minimum Gasteiger partial charge on any atom is -0.479 e. The van der Waals surface area contributed by atoms with Crippen LogP contribution in [0.15, 0.2) is 18.2 Å². The van der Waals surface area contributed by atoms with Gasteiger partial charge in [0.1, 0.15) is 5.75 Å². The van der Waals surface area contributed by atoms with Gasteiger partial charge in [-0.3, -0.25) is 0 Å². The summed E-state index contributed by atoms with van der Waals surface area (Å²) >= 11 is 11.2. The minimum absolute atomic E-state index is 0.0646. The van der Waals surface area contributed by atoms with Crippen LogP contribution in [0.1, 0.15) is 0 Å². The molecule has 0 saturated heterocycles. The molecular formula is C9H8Cl2F3NO. The van der Waals surface area contributed by atoms with E-state index in [-0.39, 0.29) is 15.8 Å². The second kappa shape index (κ2) is 5.12. The molecule has 0 aliphatic rings. The molecule has 0 bridgehead atoms. The van der Waals surface area contributed by atoms with Gasteiger partial charge < -0.3 is 10.5 Å². The van der Waals surface area contributed by atoms with Crippen LogP contribution in [0.3, 0.4) is 0 Å². The molecule has 1 aromatic carbocycles. The third-order valence-corrected chi connectivity index (χ3v) is 2.13. The van der Waals surface area contributed by atoms with E-state index in [4.69, 9.17) is 28.9 Å². The fourth-order valence-electron chi connectivity index (χ4n) is 1.01. The molecule has 1 aromatic rings. The molecule has 0 saturated carbocycles. The van der Waals surface area contributed by atoms with Gasteiger partial charge in [0.15, 0.2) is 0 Å². The first kappa shape index (κ1) is 13.4. The molecule has 0 aromatic heterocycles. The fourth-order valence-corrected chi connectivity index (χ4v) is 1.52. The van der Waals surface area contributed by atoms with Crippen LogP contribution in [0.4, 0.5) is 13.2 Å². The quantitative estimate of drug-likeness (QED) is 0.918. The Kier molecular flexibility index (Phi) is 4.29. The standard InChI is InChI=1S/C9H8Cl2F3NO/c10-5-1-6(11)3-7(2-5)16-8(4-15)9(12,13)14/h1-3,8H,4,15H2. The van der Waals surface area contributed by atoms with Crippen LogP contribution in [0, 0.1) is 0 Å². The maximum absolute atomic E-state index is 12.3. The maximum Gasteiger partial charge on any atom is 0.426 e. The molecule has 0 fully saturated rings. The van der Waals surface area contributed by atoms with Gasteiger partial charge in [0.25, 0.3) is 0 Å². The number of hydrogen-bond acceptors (Lipinski definition) is 2. The van der Waals surface area contributed by atoms with Crippen molar-refractivity contribution in [2.24, 2.45) is 5.73 Å². The molecule has 1 unspecified atom stereocenters. The summed E-state index contributed by atoms with van der Waals surface area (Å²) in [6.45, 7) is -0.673. The van der Waals surface area contributed by atoms with Crippen molar-refractivity contribution >= 4 is 23.2 Å². The van der Waals surface area contributed by atoms with Gasteiger partial charge >= 0.3 is 6.18 Å². The predicted molar refractivity (Wildman–Crippen MR) is 56.0 cm³/mol. The molecule has 0 amide bonds. The van der Waals surface area contributed by atoms with Gasteiger partial charge in [0.2, 0.25) is 6.10 Å². The Morgan fingerprint density at radius 1 is 1.19 bits per heavy atom. The fraction of sp³-hybridized carbons (Fsp3) is 0.333. The summed E-state index contributed by atoms with van der Waals surface area (Å²) in [5.41, 5.74) is 4.97. The normalized spacial score (nSPS) is 13.6. The van der Waals surface area contributed by atoms with Crippen molar-refractivity contribution in [3.05, 3.63) is 28.2 Å². The van der Waals surface area contributed by atoms with E-state index in [0.29, 0.717) is 0 Å². The zero-order valence-corrected chi connectivity index (χ0v) is 9.40. The van der Waals surface area contributed by atoms with E-state index >= 15 is 0 Å². The second-order valence-electron chi connectivity index (χ2n) is 2.99. The van der Waals surface area contributed by atoms with Gasteiger partial charge in [0.05, 0.1) is 0 Å². The average Bonchev–Trinajstić information content (AvgIpc) is 2.10. The number of rotatable bonds is 3. The maximum atomic E-state index is 12.3. The van der Waals surface area contributed by atoms with Crippen molar-refractivity contribution in [1.29, 1.82) is 0 Å². The van der Waals surface area contributed by atoms with Crippen molar-refractivity contribution in [3.8, 4) is 5.75 Å². The van der Waals surface area contributed by atoms with Crippen LogP contribution in [-0.2, 0) is 0 Å². The monoisotopic (exact) mass is 273 g/mol. The first-order valence-electron chi connectivity index (χ1n) is 4.22. The van der Waals surface area contributed by atoms with Crippen LogP contribution in [-0.4, -0.2) is 18.8 Å². The highest BCUT2D eigenvalue weighted by molar-refractivity contribution is 6.34.